The molecule has 8 nitrogen and oxygen atoms in total. The van der Waals surface area contributed by atoms with Crippen molar-refractivity contribution in [2.45, 2.75) is 18.9 Å². The van der Waals surface area contributed by atoms with Gasteiger partial charge in [-0.3, -0.25) is 14.4 Å². The van der Waals surface area contributed by atoms with Crippen LogP contribution in [0.5, 0.6) is 0 Å². The maximum absolute atomic E-state index is 12.4. The van der Waals surface area contributed by atoms with Crippen LogP contribution in [0, 0.1) is 0 Å². The van der Waals surface area contributed by atoms with Crippen molar-refractivity contribution in [1.82, 2.24) is 5.32 Å². The monoisotopic (exact) mass is 408 g/mol. The maximum atomic E-state index is 12.4. The van der Waals surface area contributed by atoms with Crippen LogP contribution in [0.4, 0.5) is 17.1 Å². The van der Waals surface area contributed by atoms with Gasteiger partial charge < -0.3 is 25.6 Å². The molecule has 0 unspecified atom stereocenters. The van der Waals surface area contributed by atoms with E-state index in [4.69, 9.17) is 4.74 Å². The van der Waals surface area contributed by atoms with E-state index >= 15 is 0 Å². The van der Waals surface area contributed by atoms with Crippen molar-refractivity contribution < 1.29 is 19.1 Å². The smallest absolute Gasteiger partial charge is 0.254 e. The van der Waals surface area contributed by atoms with Crippen LogP contribution in [0.1, 0.15) is 23.2 Å². The Morgan fingerprint density at radius 2 is 1.90 bits per heavy atom. The molecule has 3 N–H and O–H groups in total. The molecule has 0 saturated carbocycles. The molecule has 156 valence electrons. The van der Waals surface area contributed by atoms with Gasteiger partial charge in [-0.1, -0.05) is 18.2 Å². The number of nitrogens with zero attached hydrogens (tertiary/aromatic N) is 1. The van der Waals surface area contributed by atoms with Gasteiger partial charge in [0.1, 0.15) is 6.04 Å². The number of nitrogens with one attached hydrogen (secondary N) is 3. The molecule has 30 heavy (non-hydrogen) atoms. The molecule has 3 amide bonds. The van der Waals surface area contributed by atoms with Gasteiger partial charge in [0, 0.05) is 30.9 Å². The van der Waals surface area contributed by atoms with Gasteiger partial charge in [0.2, 0.25) is 11.8 Å². The van der Waals surface area contributed by atoms with Crippen LogP contribution in [-0.4, -0.2) is 50.1 Å². The number of carbonyl (C=O) groups is 3. The molecule has 8 heteroatoms. The van der Waals surface area contributed by atoms with Crippen molar-refractivity contribution in [2.24, 2.45) is 0 Å². The lowest BCUT2D eigenvalue weighted by Gasteiger charge is -2.29. The summed E-state index contributed by atoms with van der Waals surface area (Å²) >= 11 is 0. The zero-order chi connectivity index (χ0) is 20.9. The molecule has 2 heterocycles. The van der Waals surface area contributed by atoms with Gasteiger partial charge in [-0.25, -0.2) is 0 Å². The van der Waals surface area contributed by atoms with Crippen molar-refractivity contribution in [1.29, 1.82) is 0 Å². The molecule has 1 fully saturated rings. The molecule has 2 aromatic carbocycles. The fraction of sp³-hybridized carbons (Fsp3) is 0.318. The van der Waals surface area contributed by atoms with Gasteiger partial charge in [-0.15, -0.1) is 0 Å². The van der Waals surface area contributed by atoms with Crippen LogP contribution in [0.15, 0.2) is 48.5 Å². The van der Waals surface area contributed by atoms with Crippen molar-refractivity contribution >= 4 is 34.8 Å². The summed E-state index contributed by atoms with van der Waals surface area (Å²) in [4.78, 5) is 39.5. The Hall–Kier alpha value is -3.39. The number of rotatable bonds is 5. The number of benzene rings is 2. The number of hydrogen-bond donors (Lipinski definition) is 3. The first-order valence-corrected chi connectivity index (χ1v) is 10.0. The van der Waals surface area contributed by atoms with E-state index in [2.05, 4.69) is 20.9 Å². The summed E-state index contributed by atoms with van der Waals surface area (Å²) in [6.07, 6.45) is 0.317. The second-order valence-electron chi connectivity index (χ2n) is 7.30. The predicted molar refractivity (Wildman–Crippen MR) is 114 cm³/mol. The summed E-state index contributed by atoms with van der Waals surface area (Å²) in [6, 6.07) is 13.7. The molecule has 1 atom stereocenters. The van der Waals surface area contributed by atoms with Crippen molar-refractivity contribution in [3.8, 4) is 0 Å². The summed E-state index contributed by atoms with van der Waals surface area (Å²) in [6.45, 7) is 3.01. The molecule has 0 aromatic heterocycles. The highest BCUT2D eigenvalue weighted by Crippen LogP contribution is 2.22. The van der Waals surface area contributed by atoms with Crippen LogP contribution >= 0.6 is 0 Å². The molecular formula is C22H24N4O4. The normalized spacial score (nSPS) is 18.7. The highest BCUT2D eigenvalue weighted by atomic mass is 16.5. The molecule has 1 saturated heterocycles. The summed E-state index contributed by atoms with van der Waals surface area (Å²) in [7, 11) is 0. The largest absolute Gasteiger partial charge is 0.378 e. The lowest BCUT2D eigenvalue weighted by Crippen LogP contribution is -2.41. The van der Waals surface area contributed by atoms with Gasteiger partial charge in [0.05, 0.1) is 24.5 Å². The third kappa shape index (κ3) is 4.60. The van der Waals surface area contributed by atoms with Crippen LogP contribution in [0.25, 0.3) is 0 Å². The highest BCUT2D eigenvalue weighted by Gasteiger charge is 2.27. The number of amides is 3. The van der Waals surface area contributed by atoms with Gasteiger partial charge in [0.25, 0.3) is 5.91 Å². The second kappa shape index (κ2) is 8.96. The van der Waals surface area contributed by atoms with Gasteiger partial charge in [0.15, 0.2) is 0 Å². The minimum Gasteiger partial charge on any atom is -0.378 e. The zero-order valence-corrected chi connectivity index (χ0v) is 16.5. The number of fused-ring (bicyclic) bond motifs is 1. The number of morpholine rings is 1. The molecule has 0 bridgehead atoms. The fourth-order valence-corrected chi connectivity index (χ4v) is 3.62. The van der Waals surface area contributed by atoms with Gasteiger partial charge in [-0.2, -0.15) is 0 Å². The van der Waals surface area contributed by atoms with E-state index in [9.17, 15) is 14.4 Å². The van der Waals surface area contributed by atoms with Crippen molar-refractivity contribution in [3.05, 3.63) is 54.1 Å². The molecule has 2 aliphatic heterocycles. The zero-order valence-electron chi connectivity index (χ0n) is 16.5. The number of anilines is 3. The Morgan fingerprint density at radius 1 is 1.10 bits per heavy atom. The molecule has 0 radical (unpaired) electrons. The number of carbonyl (C=O) groups excluding carboxylic acids is 3. The summed E-state index contributed by atoms with van der Waals surface area (Å²) in [5.41, 5.74) is 2.62. The Bertz CT molecular complexity index is 956. The Labute approximate surface area is 174 Å². The average Bonchev–Trinajstić information content (AvgIpc) is 2.89. The fourth-order valence-electron chi connectivity index (χ4n) is 3.62. The molecule has 2 aliphatic rings. The Morgan fingerprint density at radius 3 is 2.73 bits per heavy atom. The number of ether oxygens (including phenoxy) is 1. The summed E-state index contributed by atoms with van der Waals surface area (Å²) < 4.78 is 5.38. The molecule has 4 rings (SSSR count). The van der Waals surface area contributed by atoms with Crippen LogP contribution < -0.4 is 20.9 Å². The second-order valence-corrected chi connectivity index (χ2v) is 7.30. The summed E-state index contributed by atoms with van der Waals surface area (Å²) in [5, 5.41) is 8.34. The lowest BCUT2D eigenvalue weighted by molar-refractivity contribution is -0.118. The Kier molecular flexibility index (Phi) is 5.94. The maximum Gasteiger partial charge on any atom is 0.254 e. The van der Waals surface area contributed by atoms with E-state index in [-0.39, 0.29) is 30.6 Å². The van der Waals surface area contributed by atoms with E-state index in [1.807, 2.05) is 24.3 Å². The molecular weight excluding hydrogens is 384 g/mol. The molecule has 0 spiro atoms. The van der Waals surface area contributed by atoms with Crippen LogP contribution in [0.2, 0.25) is 0 Å². The van der Waals surface area contributed by atoms with E-state index in [1.165, 1.54) is 0 Å². The van der Waals surface area contributed by atoms with E-state index < -0.39 is 6.04 Å². The number of para-hydroxylation sites is 1. The van der Waals surface area contributed by atoms with E-state index in [1.54, 1.807) is 24.3 Å². The minimum absolute atomic E-state index is 0.108. The highest BCUT2D eigenvalue weighted by molar-refractivity contribution is 6.10. The third-order valence-electron chi connectivity index (χ3n) is 5.22. The molecule has 2 aromatic rings. The topological polar surface area (TPSA) is 99.8 Å². The first-order valence-electron chi connectivity index (χ1n) is 10.0. The Balaban J connectivity index is 1.34. The van der Waals surface area contributed by atoms with E-state index in [0.717, 1.165) is 18.8 Å². The first kappa shape index (κ1) is 19.9. The SMILES string of the molecule is O=C(CC[C@H]1NC(=O)c2ccccc2NC1=O)Nc1cccc(N2CCOCC2)c1. The van der Waals surface area contributed by atoms with Crippen LogP contribution in [0.3, 0.4) is 0 Å². The standard InChI is InChI=1S/C22H24N4O4/c27-20(23-15-4-3-5-16(14-15)26-10-12-30-13-11-26)9-8-19-22(29)24-18-7-2-1-6-17(18)21(28)25-19/h1-7,14,19H,8-13H2,(H,23,27)(H,24,29)(H,25,28)/t19-/m1/s1. The number of hydrogen-bond acceptors (Lipinski definition) is 5. The van der Waals surface area contributed by atoms with Gasteiger partial charge in [-0.05, 0) is 36.8 Å². The van der Waals surface area contributed by atoms with E-state index in [0.29, 0.717) is 30.2 Å². The summed E-state index contributed by atoms with van der Waals surface area (Å²) in [5.74, 6) is -0.860. The minimum atomic E-state index is -0.768. The van der Waals surface area contributed by atoms with Crippen molar-refractivity contribution in [3.63, 3.8) is 0 Å². The molecule has 0 aliphatic carbocycles. The predicted octanol–water partition coefficient (Wildman–Crippen LogP) is 1.99. The third-order valence-corrected chi connectivity index (χ3v) is 5.22. The van der Waals surface area contributed by atoms with Gasteiger partial charge >= 0.3 is 0 Å². The van der Waals surface area contributed by atoms with Crippen LogP contribution in [-0.2, 0) is 14.3 Å². The lowest BCUT2D eigenvalue weighted by atomic mass is 10.1. The average molecular weight is 408 g/mol. The first-order chi connectivity index (χ1) is 14.6. The van der Waals surface area contributed by atoms with Crippen molar-refractivity contribution in [2.75, 3.05) is 41.8 Å². The quantitative estimate of drug-likeness (QED) is 0.703.